The molecule has 5 nitrogen and oxygen atoms in total. The van der Waals surface area contributed by atoms with Gasteiger partial charge in [-0.25, -0.2) is 0 Å². The minimum absolute atomic E-state index is 0.0439. The minimum Gasteiger partial charge on any atom is -0.495 e. The van der Waals surface area contributed by atoms with Crippen molar-refractivity contribution in [2.75, 3.05) is 7.11 Å². The molecule has 1 unspecified atom stereocenters. The van der Waals surface area contributed by atoms with Crippen molar-refractivity contribution >= 4 is 28.9 Å². The van der Waals surface area contributed by atoms with Crippen molar-refractivity contribution in [1.82, 2.24) is 14.8 Å². The highest BCUT2D eigenvalue weighted by Gasteiger charge is 2.27. The van der Waals surface area contributed by atoms with E-state index >= 15 is 0 Å². The van der Waals surface area contributed by atoms with Gasteiger partial charge in [-0.1, -0.05) is 36.4 Å². The summed E-state index contributed by atoms with van der Waals surface area (Å²) in [6, 6.07) is 11.9. The minimum atomic E-state index is -0.0439. The summed E-state index contributed by atoms with van der Waals surface area (Å²) in [5.41, 5.74) is 0.883. The van der Waals surface area contributed by atoms with Gasteiger partial charge in [-0.05, 0) is 36.4 Å². The number of carbonyl (C=O) groups is 1. The zero-order valence-electron chi connectivity index (χ0n) is 14.4. The second kappa shape index (κ2) is 7.63. The molecule has 7 heteroatoms. The molecule has 0 spiro atoms. The van der Waals surface area contributed by atoms with Crippen LogP contribution in [0.2, 0.25) is 0 Å². The highest BCUT2D eigenvalue weighted by atomic mass is 32.2. The lowest BCUT2D eigenvalue weighted by atomic mass is 9.99. The highest BCUT2D eigenvalue weighted by Crippen LogP contribution is 2.37. The first kappa shape index (κ1) is 17.3. The summed E-state index contributed by atoms with van der Waals surface area (Å²) in [5, 5.41) is 11.6. The Balaban J connectivity index is 1.81. The maximum absolute atomic E-state index is 12.3. The number of ketones is 1. The largest absolute Gasteiger partial charge is 0.495 e. The number of rotatable bonds is 5. The quantitative estimate of drug-likeness (QED) is 0.642. The van der Waals surface area contributed by atoms with Gasteiger partial charge >= 0.3 is 0 Å². The van der Waals surface area contributed by atoms with Crippen LogP contribution >= 0.6 is 23.1 Å². The van der Waals surface area contributed by atoms with E-state index in [1.165, 1.54) is 11.8 Å². The van der Waals surface area contributed by atoms with Gasteiger partial charge in [-0.2, -0.15) is 0 Å². The number of Topliss-reactive ketones (excluding diaryl/α,β-unsaturated/α-hetero) is 1. The number of benzene rings is 1. The van der Waals surface area contributed by atoms with Crippen LogP contribution in [0, 0.1) is 0 Å². The van der Waals surface area contributed by atoms with Crippen molar-refractivity contribution in [2.24, 2.45) is 0 Å². The van der Waals surface area contributed by atoms with Crippen LogP contribution in [0.25, 0.3) is 16.4 Å². The lowest BCUT2D eigenvalue weighted by Gasteiger charge is -2.20. The summed E-state index contributed by atoms with van der Waals surface area (Å²) in [4.78, 5) is 13.3. The molecule has 3 aromatic rings. The number of hydrogen-bond acceptors (Lipinski definition) is 6. The fourth-order valence-corrected chi connectivity index (χ4v) is 5.01. The van der Waals surface area contributed by atoms with Crippen molar-refractivity contribution in [2.45, 2.75) is 36.1 Å². The van der Waals surface area contributed by atoms with Crippen LogP contribution in [0.5, 0.6) is 5.75 Å². The molecule has 0 radical (unpaired) electrons. The molecule has 0 aliphatic heterocycles. The molecule has 134 valence electrons. The van der Waals surface area contributed by atoms with Crippen LogP contribution in [-0.4, -0.2) is 32.9 Å². The summed E-state index contributed by atoms with van der Waals surface area (Å²) in [5.74, 6) is 1.84. The molecular formula is C19H19N3O2S2. The third-order valence-corrected chi connectivity index (χ3v) is 6.57. The number of para-hydroxylation sites is 2. The SMILES string of the molecule is COc1ccccc1-n1c(SC2CCCCC2=O)nnc1-c1cccs1. The zero-order chi connectivity index (χ0) is 17.9. The Morgan fingerprint density at radius 1 is 1.19 bits per heavy atom. The average Bonchev–Trinajstić information content (AvgIpc) is 3.33. The number of methoxy groups -OCH3 is 1. The number of thiophene rings is 1. The third-order valence-electron chi connectivity index (χ3n) is 4.45. The Hall–Kier alpha value is -2.12. The molecule has 0 N–H and O–H groups in total. The Labute approximate surface area is 160 Å². The second-order valence-corrected chi connectivity index (χ2v) is 8.23. The molecule has 2 aromatic heterocycles. The van der Waals surface area contributed by atoms with Crippen molar-refractivity contribution in [3.05, 3.63) is 41.8 Å². The van der Waals surface area contributed by atoms with Gasteiger partial charge in [-0.15, -0.1) is 21.5 Å². The van der Waals surface area contributed by atoms with Crippen LogP contribution in [0.3, 0.4) is 0 Å². The maximum atomic E-state index is 12.3. The first-order valence-corrected chi connectivity index (χ1v) is 10.4. The Morgan fingerprint density at radius 3 is 2.85 bits per heavy atom. The van der Waals surface area contributed by atoms with Gasteiger partial charge in [0.05, 0.1) is 22.9 Å². The number of hydrogen-bond donors (Lipinski definition) is 0. The van der Waals surface area contributed by atoms with Crippen LogP contribution in [0.1, 0.15) is 25.7 Å². The standard InChI is InChI=1S/C19H19N3O2S2/c1-24-15-9-4-2-7-13(15)22-18(17-11-6-12-25-17)20-21-19(22)26-16-10-5-3-8-14(16)23/h2,4,6-7,9,11-12,16H,3,5,8,10H2,1H3. The van der Waals surface area contributed by atoms with E-state index in [9.17, 15) is 4.79 Å². The van der Waals surface area contributed by atoms with Crippen molar-refractivity contribution < 1.29 is 9.53 Å². The van der Waals surface area contributed by atoms with Gasteiger partial charge in [0.25, 0.3) is 0 Å². The van der Waals surface area contributed by atoms with E-state index in [0.29, 0.717) is 12.2 Å². The fraction of sp³-hybridized carbons (Fsp3) is 0.316. The number of carbonyl (C=O) groups excluding carboxylic acids is 1. The van der Waals surface area contributed by atoms with Crippen molar-refractivity contribution in [3.63, 3.8) is 0 Å². The van der Waals surface area contributed by atoms with E-state index in [4.69, 9.17) is 4.74 Å². The van der Waals surface area contributed by atoms with Gasteiger partial charge in [-0.3, -0.25) is 9.36 Å². The molecule has 1 atom stereocenters. The van der Waals surface area contributed by atoms with E-state index in [-0.39, 0.29) is 5.25 Å². The third kappa shape index (κ3) is 3.29. The fourth-order valence-electron chi connectivity index (χ4n) is 3.15. The second-order valence-electron chi connectivity index (χ2n) is 6.11. The van der Waals surface area contributed by atoms with Crippen LogP contribution in [-0.2, 0) is 4.79 Å². The van der Waals surface area contributed by atoms with Gasteiger partial charge < -0.3 is 4.74 Å². The lowest BCUT2D eigenvalue weighted by Crippen LogP contribution is -2.21. The normalized spacial score (nSPS) is 17.4. The molecule has 0 saturated heterocycles. The lowest BCUT2D eigenvalue weighted by molar-refractivity contribution is -0.119. The molecule has 1 aliphatic carbocycles. The molecule has 1 saturated carbocycles. The van der Waals surface area contributed by atoms with Crippen LogP contribution < -0.4 is 4.74 Å². The molecule has 26 heavy (non-hydrogen) atoms. The summed E-state index contributed by atoms with van der Waals surface area (Å²) in [6.07, 6.45) is 3.65. The monoisotopic (exact) mass is 385 g/mol. The number of nitrogens with zero attached hydrogens (tertiary/aromatic N) is 3. The van der Waals surface area contributed by atoms with Gasteiger partial charge in [0.1, 0.15) is 11.5 Å². The maximum Gasteiger partial charge on any atom is 0.196 e. The Kier molecular flexibility index (Phi) is 5.08. The molecule has 2 heterocycles. The van der Waals surface area contributed by atoms with Crippen molar-refractivity contribution in [3.8, 4) is 22.1 Å². The van der Waals surface area contributed by atoms with Crippen molar-refractivity contribution in [1.29, 1.82) is 0 Å². The van der Waals surface area contributed by atoms with E-state index in [0.717, 1.165) is 46.6 Å². The molecule has 0 bridgehead atoms. The summed E-state index contributed by atoms with van der Waals surface area (Å²) < 4.78 is 7.57. The number of aromatic nitrogens is 3. The highest BCUT2D eigenvalue weighted by molar-refractivity contribution is 8.00. The molecular weight excluding hydrogens is 366 g/mol. The average molecular weight is 386 g/mol. The van der Waals surface area contributed by atoms with E-state index < -0.39 is 0 Å². The first-order chi connectivity index (χ1) is 12.8. The smallest absolute Gasteiger partial charge is 0.196 e. The van der Waals surface area contributed by atoms with Crippen LogP contribution in [0.15, 0.2) is 46.9 Å². The summed E-state index contributed by atoms with van der Waals surface area (Å²) in [7, 11) is 1.66. The molecule has 1 aliphatic rings. The van der Waals surface area contributed by atoms with E-state index in [1.54, 1.807) is 18.4 Å². The van der Waals surface area contributed by atoms with E-state index in [2.05, 4.69) is 10.2 Å². The predicted molar refractivity (Wildman–Crippen MR) is 104 cm³/mol. The Morgan fingerprint density at radius 2 is 2.08 bits per heavy atom. The first-order valence-electron chi connectivity index (χ1n) is 8.60. The van der Waals surface area contributed by atoms with Gasteiger partial charge in [0.15, 0.2) is 11.0 Å². The molecule has 1 aromatic carbocycles. The molecule has 1 fully saturated rings. The molecule has 4 rings (SSSR count). The van der Waals surface area contributed by atoms with Gasteiger partial charge in [0, 0.05) is 6.42 Å². The topological polar surface area (TPSA) is 57.0 Å². The number of thioether (sulfide) groups is 1. The Bertz CT molecular complexity index is 905. The van der Waals surface area contributed by atoms with Gasteiger partial charge in [0.2, 0.25) is 0 Å². The predicted octanol–water partition coefficient (Wildman–Crippen LogP) is 4.61. The van der Waals surface area contributed by atoms with E-state index in [1.807, 2.05) is 46.3 Å². The number of ether oxygens (including phenoxy) is 1. The summed E-state index contributed by atoms with van der Waals surface area (Å²) >= 11 is 3.14. The zero-order valence-corrected chi connectivity index (χ0v) is 16.1. The van der Waals surface area contributed by atoms with Crippen LogP contribution in [0.4, 0.5) is 0 Å². The molecule has 0 amide bonds. The summed E-state index contributed by atoms with van der Waals surface area (Å²) in [6.45, 7) is 0.